The second kappa shape index (κ2) is 7.42. The van der Waals surface area contributed by atoms with Crippen LogP contribution in [0.3, 0.4) is 0 Å². The van der Waals surface area contributed by atoms with E-state index in [1.165, 1.54) is 6.20 Å². The molecule has 0 spiro atoms. The lowest BCUT2D eigenvalue weighted by Crippen LogP contribution is -2.36. The zero-order valence-corrected chi connectivity index (χ0v) is 14.7. The van der Waals surface area contributed by atoms with Crippen LogP contribution in [0.5, 0.6) is 0 Å². The Morgan fingerprint density at radius 3 is 2.92 bits per heavy atom. The van der Waals surface area contributed by atoms with E-state index in [0.717, 1.165) is 35.3 Å². The number of nitrogens with zero attached hydrogens (tertiary/aromatic N) is 2. The number of hydrogen-bond acceptors (Lipinski definition) is 3. The molecule has 0 aromatic heterocycles. The summed E-state index contributed by atoms with van der Waals surface area (Å²) in [6.07, 6.45) is 3.30. The Morgan fingerprint density at radius 2 is 2.12 bits per heavy atom. The number of hydrogen-bond donors (Lipinski definition) is 1. The monoisotopic (exact) mass is 351 g/mol. The van der Waals surface area contributed by atoms with E-state index in [1.54, 1.807) is 17.0 Å². The highest BCUT2D eigenvalue weighted by molar-refractivity contribution is 6.30. The topological polar surface area (TPSA) is 56.1 Å². The molecule has 0 atom stereocenters. The number of rotatable bonds is 3. The molecule has 2 aromatic rings. The molecule has 5 heteroatoms. The maximum atomic E-state index is 12.8. The van der Waals surface area contributed by atoms with Gasteiger partial charge in [-0.25, -0.2) is 0 Å². The highest BCUT2D eigenvalue weighted by Crippen LogP contribution is 2.28. The first-order valence-corrected chi connectivity index (χ1v) is 8.50. The van der Waals surface area contributed by atoms with Gasteiger partial charge in [0.2, 0.25) is 0 Å². The fourth-order valence-corrected chi connectivity index (χ4v) is 3.10. The van der Waals surface area contributed by atoms with Crippen LogP contribution in [0.25, 0.3) is 0 Å². The predicted molar refractivity (Wildman–Crippen MR) is 101 cm³/mol. The summed E-state index contributed by atoms with van der Waals surface area (Å²) in [4.78, 5) is 14.5. The fourth-order valence-electron chi connectivity index (χ4n) is 2.93. The Labute approximate surface area is 152 Å². The van der Waals surface area contributed by atoms with Crippen molar-refractivity contribution in [3.05, 3.63) is 70.4 Å². The van der Waals surface area contributed by atoms with E-state index < -0.39 is 0 Å². The maximum absolute atomic E-state index is 12.8. The van der Waals surface area contributed by atoms with Gasteiger partial charge < -0.3 is 10.2 Å². The molecule has 4 nitrogen and oxygen atoms in total. The van der Waals surface area contributed by atoms with Gasteiger partial charge in [0.25, 0.3) is 5.91 Å². The van der Waals surface area contributed by atoms with Crippen molar-refractivity contribution in [3.63, 3.8) is 0 Å². The van der Waals surface area contributed by atoms with E-state index >= 15 is 0 Å². The molecule has 0 saturated carbocycles. The molecule has 1 aliphatic heterocycles. The first-order chi connectivity index (χ1) is 12.1. The number of halogens is 1. The zero-order valence-electron chi connectivity index (χ0n) is 13.9. The number of amides is 1. The Balaban J connectivity index is 1.85. The highest BCUT2D eigenvalue weighted by atomic mass is 35.5. The minimum Gasteiger partial charge on any atom is -0.360 e. The normalized spacial score (nSPS) is 13.8. The Morgan fingerprint density at radius 1 is 1.32 bits per heavy atom. The molecule has 0 radical (unpaired) electrons. The third-order valence-electron chi connectivity index (χ3n) is 4.28. The number of carbonyl (C=O) groups is 1. The molecule has 25 heavy (non-hydrogen) atoms. The first kappa shape index (κ1) is 17.1. The predicted octanol–water partition coefficient (Wildman–Crippen LogP) is 4.45. The van der Waals surface area contributed by atoms with E-state index in [1.807, 2.05) is 43.3 Å². The summed E-state index contributed by atoms with van der Waals surface area (Å²) < 4.78 is 0. The summed E-state index contributed by atoms with van der Waals surface area (Å²) in [6.45, 7) is 2.55. The van der Waals surface area contributed by atoms with E-state index in [9.17, 15) is 10.1 Å². The van der Waals surface area contributed by atoms with Gasteiger partial charge in [0, 0.05) is 29.1 Å². The average molecular weight is 352 g/mol. The van der Waals surface area contributed by atoms with Crippen LogP contribution in [0, 0.1) is 18.3 Å². The number of fused-ring (bicyclic) bond motifs is 1. The van der Waals surface area contributed by atoms with E-state index in [2.05, 4.69) is 5.32 Å². The summed E-state index contributed by atoms with van der Waals surface area (Å²) in [7, 11) is 0. The van der Waals surface area contributed by atoms with Gasteiger partial charge in [-0.1, -0.05) is 35.9 Å². The molecule has 1 heterocycles. The highest BCUT2D eigenvalue weighted by Gasteiger charge is 2.24. The molecule has 1 N–H and O–H groups in total. The lowest BCUT2D eigenvalue weighted by molar-refractivity contribution is -0.114. The zero-order chi connectivity index (χ0) is 17.8. The van der Waals surface area contributed by atoms with Crippen LogP contribution in [0.15, 0.2) is 54.2 Å². The number of para-hydroxylation sites is 1. The smallest absolute Gasteiger partial charge is 0.270 e. The molecule has 0 fully saturated rings. The average Bonchev–Trinajstić information content (AvgIpc) is 2.64. The minimum absolute atomic E-state index is 0.0658. The van der Waals surface area contributed by atoms with Gasteiger partial charge in [-0.3, -0.25) is 4.79 Å². The molecule has 0 unspecified atom stereocenters. The second-order valence-corrected chi connectivity index (χ2v) is 6.40. The summed E-state index contributed by atoms with van der Waals surface area (Å²) in [5.74, 6) is -0.290. The molecule has 1 amide bonds. The van der Waals surface area contributed by atoms with Crippen molar-refractivity contribution in [1.82, 2.24) is 0 Å². The van der Waals surface area contributed by atoms with Crippen LogP contribution in [0.1, 0.15) is 17.5 Å². The molecule has 0 aliphatic carbocycles. The van der Waals surface area contributed by atoms with E-state index in [0.29, 0.717) is 11.6 Å². The Bertz CT molecular complexity index is 883. The first-order valence-electron chi connectivity index (χ1n) is 8.13. The van der Waals surface area contributed by atoms with Crippen LogP contribution in [-0.4, -0.2) is 12.5 Å². The SMILES string of the molecule is Cc1ccc(Cl)cc1N/C=C(/C#N)C(=O)N1CCCc2ccccc21. The number of anilines is 2. The Hall–Kier alpha value is -2.77. The Kier molecular flexibility index (Phi) is 5.06. The number of nitriles is 1. The van der Waals surface area contributed by atoms with Crippen LogP contribution in [-0.2, 0) is 11.2 Å². The minimum atomic E-state index is -0.290. The van der Waals surface area contributed by atoms with E-state index in [4.69, 9.17) is 11.6 Å². The standard InChI is InChI=1S/C20H18ClN3O/c1-14-8-9-17(21)11-18(14)23-13-16(12-22)20(25)24-10-4-6-15-5-2-3-7-19(15)24/h2-3,5,7-9,11,13,23H,4,6,10H2,1H3/b16-13-. The summed E-state index contributed by atoms with van der Waals surface area (Å²) in [5.41, 5.74) is 3.84. The van der Waals surface area contributed by atoms with Crippen LogP contribution < -0.4 is 10.2 Å². The lowest BCUT2D eigenvalue weighted by atomic mass is 10.0. The van der Waals surface area contributed by atoms with Gasteiger partial charge in [0.15, 0.2) is 0 Å². The summed E-state index contributed by atoms with van der Waals surface area (Å²) >= 11 is 6.01. The van der Waals surface area contributed by atoms with Crippen molar-refractivity contribution < 1.29 is 4.79 Å². The molecule has 0 saturated heterocycles. The number of aryl methyl sites for hydroxylation is 2. The molecule has 126 valence electrons. The molecule has 3 rings (SSSR count). The third-order valence-corrected chi connectivity index (χ3v) is 4.51. The molecule has 0 bridgehead atoms. The van der Waals surface area contributed by atoms with Gasteiger partial charge >= 0.3 is 0 Å². The van der Waals surface area contributed by atoms with Crippen LogP contribution in [0.2, 0.25) is 5.02 Å². The third kappa shape index (κ3) is 3.67. The van der Waals surface area contributed by atoms with E-state index in [-0.39, 0.29) is 11.5 Å². The van der Waals surface area contributed by atoms with Gasteiger partial charge in [0.05, 0.1) is 0 Å². The number of nitrogens with one attached hydrogen (secondary N) is 1. The fraction of sp³-hybridized carbons (Fsp3) is 0.200. The van der Waals surface area contributed by atoms with Crippen molar-refractivity contribution in [2.45, 2.75) is 19.8 Å². The van der Waals surface area contributed by atoms with Crippen molar-refractivity contribution in [1.29, 1.82) is 5.26 Å². The molecule has 1 aliphatic rings. The van der Waals surface area contributed by atoms with Gasteiger partial charge in [-0.15, -0.1) is 0 Å². The summed E-state index contributed by atoms with van der Waals surface area (Å²) in [5, 5.41) is 13.1. The van der Waals surface area contributed by atoms with Crippen molar-refractivity contribution >= 4 is 28.9 Å². The quantitative estimate of drug-likeness (QED) is 0.656. The molecule has 2 aromatic carbocycles. The number of carbonyl (C=O) groups excluding carboxylic acids is 1. The van der Waals surface area contributed by atoms with Crippen molar-refractivity contribution in [2.75, 3.05) is 16.8 Å². The lowest BCUT2D eigenvalue weighted by Gasteiger charge is -2.29. The van der Waals surface area contributed by atoms with Gasteiger partial charge in [-0.05, 0) is 49.1 Å². The second-order valence-electron chi connectivity index (χ2n) is 5.96. The largest absolute Gasteiger partial charge is 0.360 e. The van der Waals surface area contributed by atoms with Crippen LogP contribution >= 0.6 is 11.6 Å². The van der Waals surface area contributed by atoms with Gasteiger partial charge in [-0.2, -0.15) is 5.26 Å². The van der Waals surface area contributed by atoms with Crippen LogP contribution in [0.4, 0.5) is 11.4 Å². The van der Waals surface area contributed by atoms with Crippen molar-refractivity contribution in [2.24, 2.45) is 0 Å². The van der Waals surface area contributed by atoms with Crippen molar-refractivity contribution in [3.8, 4) is 6.07 Å². The molecular weight excluding hydrogens is 334 g/mol. The summed E-state index contributed by atoms with van der Waals surface area (Å²) in [6, 6.07) is 15.3. The molecular formula is C20H18ClN3O. The maximum Gasteiger partial charge on any atom is 0.270 e. The van der Waals surface area contributed by atoms with Gasteiger partial charge in [0.1, 0.15) is 11.6 Å². The number of benzene rings is 2.